The van der Waals surface area contributed by atoms with Gasteiger partial charge in [0.1, 0.15) is 21.6 Å². The lowest BCUT2D eigenvalue weighted by Gasteiger charge is -2.12. The molecule has 0 saturated heterocycles. The third-order valence-electron chi connectivity index (χ3n) is 2.54. The summed E-state index contributed by atoms with van der Waals surface area (Å²) in [7, 11) is 1.65. The molecule has 1 aromatic heterocycles. The van der Waals surface area contributed by atoms with Crippen LogP contribution in [0.5, 0.6) is 5.75 Å². The van der Waals surface area contributed by atoms with Crippen LogP contribution in [0.15, 0.2) is 0 Å². The lowest BCUT2D eigenvalue weighted by molar-refractivity contribution is 0.0705. The quantitative estimate of drug-likeness (QED) is 0.645. The molecule has 0 unspecified atom stereocenters. The first-order valence-corrected chi connectivity index (χ1v) is 7.71. The maximum atomic E-state index is 9.05. The van der Waals surface area contributed by atoms with Crippen LogP contribution in [0.25, 0.3) is 0 Å². The van der Waals surface area contributed by atoms with E-state index in [1.54, 1.807) is 7.11 Å². The van der Waals surface area contributed by atoms with E-state index in [1.165, 1.54) is 11.3 Å². The molecule has 0 aromatic carbocycles. The second-order valence-electron chi connectivity index (χ2n) is 4.67. The number of anilines is 2. The van der Waals surface area contributed by atoms with Crippen LogP contribution in [-0.4, -0.2) is 39.6 Å². The molecule has 3 N–H and O–H groups in total. The summed E-state index contributed by atoms with van der Waals surface area (Å²) in [5, 5.41) is 13.1. The average Bonchev–Trinajstić information content (AvgIpc) is 2.74. The number of nitrogens with zero attached hydrogens (tertiary/aromatic N) is 1. The molecule has 0 aliphatic heterocycles. The van der Waals surface area contributed by atoms with Gasteiger partial charge >= 0.3 is 0 Å². The Bertz CT molecular complexity index is 469. The van der Waals surface area contributed by atoms with Crippen molar-refractivity contribution >= 4 is 22.0 Å². The van der Waals surface area contributed by atoms with Crippen LogP contribution in [0.1, 0.15) is 25.1 Å². The van der Waals surface area contributed by atoms with Gasteiger partial charge in [-0.25, -0.2) is 0 Å². The lowest BCUT2D eigenvalue weighted by Crippen LogP contribution is -2.10. The third-order valence-corrected chi connectivity index (χ3v) is 3.59. The van der Waals surface area contributed by atoms with Gasteiger partial charge in [-0.1, -0.05) is 0 Å². The van der Waals surface area contributed by atoms with Crippen LogP contribution < -0.4 is 15.8 Å². The zero-order chi connectivity index (χ0) is 15.7. The van der Waals surface area contributed by atoms with Crippen LogP contribution >= 0.6 is 11.3 Å². The summed E-state index contributed by atoms with van der Waals surface area (Å²) in [5.74, 6) is 0.576. The highest BCUT2D eigenvalue weighted by atomic mass is 32.1. The van der Waals surface area contributed by atoms with E-state index in [0.29, 0.717) is 36.1 Å². The molecule has 0 fully saturated rings. The smallest absolute Gasteiger partial charge is 0.178 e. The van der Waals surface area contributed by atoms with Gasteiger partial charge in [0.25, 0.3) is 0 Å². The first-order valence-electron chi connectivity index (χ1n) is 6.89. The number of nitriles is 1. The Kier molecular flexibility index (Phi) is 7.90. The summed E-state index contributed by atoms with van der Waals surface area (Å²) in [6, 6.07) is 2.09. The largest absolute Gasteiger partial charge is 0.486 e. The Morgan fingerprint density at radius 1 is 1.33 bits per heavy atom. The van der Waals surface area contributed by atoms with E-state index in [0.717, 1.165) is 18.0 Å². The van der Waals surface area contributed by atoms with E-state index in [-0.39, 0.29) is 6.10 Å². The summed E-state index contributed by atoms with van der Waals surface area (Å²) < 4.78 is 16.0. The minimum absolute atomic E-state index is 0.00590. The van der Waals surface area contributed by atoms with E-state index in [1.807, 2.05) is 13.8 Å². The van der Waals surface area contributed by atoms with Gasteiger partial charge in [-0.05, 0) is 20.3 Å². The fourth-order valence-corrected chi connectivity index (χ4v) is 2.48. The highest BCUT2D eigenvalue weighted by Gasteiger charge is 2.18. The molecule has 1 heterocycles. The fraction of sp³-hybridized carbons (Fsp3) is 0.643. The highest BCUT2D eigenvalue weighted by Crippen LogP contribution is 2.42. The van der Waals surface area contributed by atoms with E-state index in [4.69, 9.17) is 25.2 Å². The zero-order valence-corrected chi connectivity index (χ0v) is 13.6. The van der Waals surface area contributed by atoms with Gasteiger partial charge < -0.3 is 25.3 Å². The molecule has 7 heteroatoms. The number of thiophene rings is 1. The van der Waals surface area contributed by atoms with Gasteiger partial charge in [-0.2, -0.15) is 5.26 Å². The molecule has 1 aromatic rings. The van der Waals surface area contributed by atoms with E-state index >= 15 is 0 Å². The van der Waals surface area contributed by atoms with Crippen molar-refractivity contribution < 1.29 is 14.2 Å². The van der Waals surface area contributed by atoms with Crippen LogP contribution in [0.3, 0.4) is 0 Å². The Hall–Kier alpha value is -1.49. The molecule has 0 aliphatic carbocycles. The molecule has 0 spiro atoms. The predicted molar refractivity (Wildman–Crippen MR) is 85.0 cm³/mol. The summed E-state index contributed by atoms with van der Waals surface area (Å²) in [4.78, 5) is 0.476. The van der Waals surface area contributed by atoms with Crippen molar-refractivity contribution in [3.8, 4) is 11.8 Å². The van der Waals surface area contributed by atoms with E-state index < -0.39 is 0 Å². The standard InChI is InChI=1S/C14H23N3O3S/c1-10(2)20-13-12(16)11(9-15)21-14(13)17-5-4-6-19-8-7-18-3/h10,17H,4-8,16H2,1-3H3. The highest BCUT2D eigenvalue weighted by molar-refractivity contribution is 7.17. The summed E-state index contributed by atoms with van der Waals surface area (Å²) >= 11 is 1.32. The van der Waals surface area contributed by atoms with Crippen molar-refractivity contribution in [2.75, 3.05) is 44.5 Å². The number of ether oxygens (including phenoxy) is 3. The fourth-order valence-electron chi connectivity index (χ4n) is 1.60. The van der Waals surface area contributed by atoms with Gasteiger partial charge in [-0.15, -0.1) is 11.3 Å². The molecular formula is C14H23N3O3S. The average molecular weight is 313 g/mol. The summed E-state index contributed by atoms with van der Waals surface area (Å²) in [6.45, 7) is 6.44. The third kappa shape index (κ3) is 5.79. The molecule has 6 nitrogen and oxygen atoms in total. The van der Waals surface area contributed by atoms with Gasteiger partial charge in [-0.3, -0.25) is 0 Å². The van der Waals surface area contributed by atoms with Crippen molar-refractivity contribution in [3.05, 3.63) is 4.88 Å². The first kappa shape index (κ1) is 17.6. The molecule has 0 atom stereocenters. The number of nitrogen functional groups attached to an aromatic ring is 1. The Balaban J connectivity index is 2.48. The number of nitrogens with one attached hydrogen (secondary N) is 1. The molecular weight excluding hydrogens is 290 g/mol. The number of nitrogens with two attached hydrogens (primary N) is 1. The van der Waals surface area contributed by atoms with E-state index in [2.05, 4.69) is 11.4 Å². The molecule has 0 amide bonds. The van der Waals surface area contributed by atoms with Crippen LogP contribution in [0, 0.1) is 11.3 Å². The lowest BCUT2D eigenvalue weighted by atomic mass is 10.3. The maximum Gasteiger partial charge on any atom is 0.178 e. The molecule has 21 heavy (non-hydrogen) atoms. The van der Waals surface area contributed by atoms with Crippen LogP contribution in [0.2, 0.25) is 0 Å². The van der Waals surface area contributed by atoms with Crippen molar-refractivity contribution in [2.45, 2.75) is 26.4 Å². The molecule has 0 aliphatic rings. The molecule has 0 radical (unpaired) electrons. The predicted octanol–water partition coefficient (Wildman–Crippen LogP) is 2.45. The molecule has 1 rings (SSSR count). The molecule has 0 saturated carbocycles. The number of hydrogen-bond acceptors (Lipinski definition) is 7. The number of methoxy groups -OCH3 is 1. The Morgan fingerprint density at radius 3 is 2.71 bits per heavy atom. The van der Waals surface area contributed by atoms with Gasteiger partial charge in [0.05, 0.1) is 19.3 Å². The topological polar surface area (TPSA) is 89.5 Å². The maximum absolute atomic E-state index is 9.05. The monoisotopic (exact) mass is 313 g/mol. The minimum Gasteiger partial charge on any atom is -0.486 e. The van der Waals surface area contributed by atoms with Crippen molar-refractivity contribution in [1.29, 1.82) is 5.26 Å². The van der Waals surface area contributed by atoms with Crippen molar-refractivity contribution in [1.82, 2.24) is 0 Å². The van der Waals surface area contributed by atoms with Gasteiger partial charge in [0.15, 0.2) is 5.75 Å². The van der Waals surface area contributed by atoms with E-state index in [9.17, 15) is 0 Å². The Morgan fingerprint density at radius 2 is 2.10 bits per heavy atom. The SMILES string of the molecule is COCCOCCCNc1sc(C#N)c(N)c1OC(C)C. The van der Waals surface area contributed by atoms with Gasteiger partial charge in [0.2, 0.25) is 0 Å². The molecule has 118 valence electrons. The summed E-state index contributed by atoms with van der Waals surface area (Å²) in [5.41, 5.74) is 6.34. The molecule has 0 bridgehead atoms. The van der Waals surface area contributed by atoms with Crippen molar-refractivity contribution in [3.63, 3.8) is 0 Å². The zero-order valence-electron chi connectivity index (χ0n) is 12.8. The Labute approximate surface area is 129 Å². The minimum atomic E-state index is 0.00590. The first-order chi connectivity index (χ1) is 10.1. The second kappa shape index (κ2) is 9.45. The van der Waals surface area contributed by atoms with Gasteiger partial charge in [0, 0.05) is 20.3 Å². The van der Waals surface area contributed by atoms with Crippen LogP contribution in [-0.2, 0) is 9.47 Å². The van der Waals surface area contributed by atoms with Crippen LogP contribution in [0.4, 0.5) is 10.7 Å². The second-order valence-corrected chi connectivity index (χ2v) is 5.69. The van der Waals surface area contributed by atoms with Crippen molar-refractivity contribution in [2.24, 2.45) is 0 Å². The normalized spacial score (nSPS) is 10.6. The summed E-state index contributed by atoms with van der Waals surface area (Å²) in [6.07, 6.45) is 0.858. The number of hydrogen-bond donors (Lipinski definition) is 2. The number of rotatable bonds is 10.